The summed E-state index contributed by atoms with van der Waals surface area (Å²) in [6.07, 6.45) is 3.54. The molecule has 1 atom stereocenters. The zero-order valence-corrected chi connectivity index (χ0v) is 18.9. The molecular formula is C22H19Cl2FN6O. The second-order valence-electron chi connectivity index (χ2n) is 7.68. The molecule has 0 aliphatic carbocycles. The van der Waals surface area contributed by atoms with E-state index in [9.17, 15) is 4.39 Å². The molecule has 0 amide bonds. The Bertz CT molecular complexity index is 1330. The molecule has 7 nitrogen and oxygen atoms in total. The monoisotopic (exact) mass is 472 g/mol. The maximum absolute atomic E-state index is 14.9. The Morgan fingerprint density at radius 3 is 2.75 bits per heavy atom. The van der Waals surface area contributed by atoms with E-state index in [2.05, 4.69) is 15.1 Å². The molecule has 0 bridgehead atoms. The number of hydrogen-bond acceptors (Lipinski definition) is 6. The van der Waals surface area contributed by atoms with Crippen molar-refractivity contribution in [3.05, 3.63) is 63.8 Å². The molecular weight excluding hydrogens is 454 g/mol. The van der Waals surface area contributed by atoms with Gasteiger partial charge in [-0.1, -0.05) is 23.2 Å². The van der Waals surface area contributed by atoms with Crippen LogP contribution in [-0.4, -0.2) is 44.4 Å². The standard InChI is InChI=1S/C22H19Cl2FN6O/c1-12-17(24)8-16-20(15-4-3-14(23)7-18(15)25)28-22(29-21(16)27-12)31-5-6-32-19(11-31)13-9-26-30(2)10-13/h3-4,7-10,19H,5-6,11H2,1-2H3/t19-/m0/s1. The Balaban J connectivity index is 1.62. The maximum Gasteiger partial charge on any atom is 0.228 e. The van der Waals surface area contributed by atoms with Gasteiger partial charge in [0, 0.05) is 41.3 Å². The van der Waals surface area contributed by atoms with Crippen molar-refractivity contribution in [3.63, 3.8) is 0 Å². The third-order valence-corrected chi connectivity index (χ3v) is 6.05. The molecule has 1 aliphatic heterocycles. The number of fused-ring (bicyclic) bond motifs is 1. The van der Waals surface area contributed by atoms with Gasteiger partial charge in [-0.25, -0.2) is 14.4 Å². The second-order valence-corrected chi connectivity index (χ2v) is 8.52. The van der Waals surface area contributed by atoms with E-state index in [0.717, 1.165) is 5.56 Å². The molecule has 0 radical (unpaired) electrons. The van der Waals surface area contributed by atoms with Crippen LogP contribution < -0.4 is 4.90 Å². The van der Waals surface area contributed by atoms with E-state index < -0.39 is 5.82 Å². The van der Waals surface area contributed by atoms with Crippen LogP contribution in [0.4, 0.5) is 10.3 Å². The summed E-state index contributed by atoms with van der Waals surface area (Å²) in [4.78, 5) is 16.0. The molecule has 1 aliphatic rings. The fourth-order valence-electron chi connectivity index (χ4n) is 3.77. The van der Waals surface area contributed by atoms with Crippen LogP contribution in [0.2, 0.25) is 10.0 Å². The van der Waals surface area contributed by atoms with Gasteiger partial charge in [0.1, 0.15) is 11.9 Å². The fraction of sp³-hybridized carbons (Fsp3) is 0.273. The summed E-state index contributed by atoms with van der Waals surface area (Å²) >= 11 is 12.3. The fourth-order valence-corrected chi connectivity index (χ4v) is 4.09. The van der Waals surface area contributed by atoms with Crippen molar-refractivity contribution in [2.24, 2.45) is 7.05 Å². The van der Waals surface area contributed by atoms with Crippen LogP contribution in [0.25, 0.3) is 22.3 Å². The first-order valence-electron chi connectivity index (χ1n) is 10.0. The van der Waals surface area contributed by atoms with Gasteiger partial charge in [0.2, 0.25) is 5.95 Å². The molecule has 0 unspecified atom stereocenters. The van der Waals surface area contributed by atoms with Gasteiger partial charge < -0.3 is 9.64 Å². The predicted molar refractivity (Wildman–Crippen MR) is 122 cm³/mol. The van der Waals surface area contributed by atoms with E-state index in [0.29, 0.717) is 63.7 Å². The molecule has 4 heterocycles. The van der Waals surface area contributed by atoms with E-state index in [1.54, 1.807) is 36.0 Å². The average molecular weight is 473 g/mol. The number of ether oxygens (including phenoxy) is 1. The largest absolute Gasteiger partial charge is 0.370 e. The molecule has 0 N–H and O–H groups in total. The van der Waals surface area contributed by atoms with Crippen molar-refractivity contribution >= 4 is 40.2 Å². The van der Waals surface area contributed by atoms with E-state index in [1.165, 1.54) is 6.07 Å². The number of pyridine rings is 1. The van der Waals surface area contributed by atoms with Gasteiger partial charge in [0.15, 0.2) is 5.65 Å². The van der Waals surface area contributed by atoms with Crippen LogP contribution in [0.1, 0.15) is 17.4 Å². The minimum absolute atomic E-state index is 0.174. The molecule has 4 aromatic rings. The number of aromatic nitrogens is 5. The van der Waals surface area contributed by atoms with E-state index >= 15 is 0 Å². The number of halogens is 3. The number of hydrogen-bond donors (Lipinski definition) is 0. The minimum Gasteiger partial charge on any atom is -0.370 e. The van der Waals surface area contributed by atoms with E-state index in [1.807, 2.05) is 18.1 Å². The molecule has 32 heavy (non-hydrogen) atoms. The predicted octanol–water partition coefficient (Wildman–Crippen LogP) is 4.76. The van der Waals surface area contributed by atoms with Gasteiger partial charge in [-0.15, -0.1) is 0 Å². The summed E-state index contributed by atoms with van der Waals surface area (Å²) in [5, 5.41) is 5.58. The van der Waals surface area contributed by atoms with Crippen molar-refractivity contribution in [2.75, 3.05) is 24.6 Å². The van der Waals surface area contributed by atoms with Gasteiger partial charge in [0.25, 0.3) is 0 Å². The topological polar surface area (TPSA) is 69.0 Å². The van der Waals surface area contributed by atoms with Crippen LogP contribution in [0.3, 0.4) is 0 Å². The number of anilines is 1. The maximum atomic E-state index is 14.9. The minimum atomic E-state index is -0.477. The van der Waals surface area contributed by atoms with Gasteiger partial charge >= 0.3 is 0 Å². The lowest BCUT2D eigenvalue weighted by Crippen LogP contribution is -2.39. The van der Waals surface area contributed by atoms with Crippen molar-refractivity contribution in [1.82, 2.24) is 24.7 Å². The van der Waals surface area contributed by atoms with Crippen LogP contribution in [-0.2, 0) is 11.8 Å². The lowest BCUT2D eigenvalue weighted by molar-refractivity contribution is 0.0392. The summed E-state index contributed by atoms with van der Waals surface area (Å²) in [5.41, 5.74) is 2.79. The van der Waals surface area contributed by atoms with Crippen LogP contribution in [0, 0.1) is 12.7 Å². The number of benzene rings is 1. The molecule has 0 spiro atoms. The van der Waals surface area contributed by atoms with Crippen LogP contribution >= 0.6 is 23.2 Å². The first-order valence-corrected chi connectivity index (χ1v) is 10.8. The van der Waals surface area contributed by atoms with Crippen molar-refractivity contribution in [2.45, 2.75) is 13.0 Å². The number of rotatable bonds is 3. The van der Waals surface area contributed by atoms with Crippen molar-refractivity contribution in [1.29, 1.82) is 0 Å². The SMILES string of the molecule is Cc1nc2nc(N3CCO[C@H](c4cnn(C)c4)C3)nc(-c3ccc(Cl)cc3F)c2cc1Cl. The van der Waals surface area contributed by atoms with Gasteiger partial charge in [-0.3, -0.25) is 4.68 Å². The highest BCUT2D eigenvalue weighted by Gasteiger charge is 2.26. The molecule has 1 aromatic carbocycles. The summed E-state index contributed by atoms with van der Waals surface area (Å²) in [5.74, 6) is -0.0244. The third kappa shape index (κ3) is 3.90. The first kappa shape index (κ1) is 21.1. The highest BCUT2D eigenvalue weighted by Crippen LogP contribution is 2.34. The lowest BCUT2D eigenvalue weighted by atomic mass is 10.1. The lowest BCUT2D eigenvalue weighted by Gasteiger charge is -2.32. The molecule has 0 saturated carbocycles. The number of morpholine rings is 1. The summed E-state index contributed by atoms with van der Waals surface area (Å²) in [7, 11) is 1.86. The molecule has 5 rings (SSSR count). The Hall–Kier alpha value is -2.81. The second kappa shape index (κ2) is 8.27. The third-order valence-electron chi connectivity index (χ3n) is 5.44. The number of aryl methyl sites for hydroxylation is 2. The Morgan fingerprint density at radius 2 is 2.00 bits per heavy atom. The van der Waals surface area contributed by atoms with Crippen LogP contribution in [0.15, 0.2) is 36.7 Å². The molecule has 1 fully saturated rings. The first-order chi connectivity index (χ1) is 15.4. The smallest absolute Gasteiger partial charge is 0.228 e. The molecule has 164 valence electrons. The van der Waals surface area contributed by atoms with Crippen LogP contribution in [0.5, 0.6) is 0 Å². The van der Waals surface area contributed by atoms with E-state index in [-0.39, 0.29) is 6.10 Å². The zero-order valence-electron chi connectivity index (χ0n) is 17.4. The molecule has 10 heteroatoms. The summed E-state index contributed by atoms with van der Waals surface area (Å²) in [6, 6.07) is 6.23. The van der Waals surface area contributed by atoms with Crippen molar-refractivity contribution in [3.8, 4) is 11.3 Å². The average Bonchev–Trinajstić information content (AvgIpc) is 3.21. The quantitative estimate of drug-likeness (QED) is 0.428. The highest BCUT2D eigenvalue weighted by atomic mass is 35.5. The Labute approximate surface area is 193 Å². The summed E-state index contributed by atoms with van der Waals surface area (Å²) in [6.45, 7) is 3.43. The molecule has 1 saturated heterocycles. The van der Waals surface area contributed by atoms with Crippen molar-refractivity contribution < 1.29 is 9.13 Å². The van der Waals surface area contributed by atoms with Gasteiger partial charge in [-0.05, 0) is 31.2 Å². The Kier molecular flexibility index (Phi) is 5.44. The Morgan fingerprint density at radius 1 is 1.16 bits per heavy atom. The normalized spacial score (nSPS) is 16.7. The number of nitrogens with zero attached hydrogens (tertiary/aromatic N) is 6. The zero-order chi connectivity index (χ0) is 22.4. The highest BCUT2D eigenvalue weighted by molar-refractivity contribution is 6.32. The van der Waals surface area contributed by atoms with E-state index in [4.69, 9.17) is 32.9 Å². The molecule has 3 aromatic heterocycles. The van der Waals surface area contributed by atoms with Gasteiger partial charge in [-0.2, -0.15) is 10.1 Å². The van der Waals surface area contributed by atoms with Gasteiger partial charge in [0.05, 0.1) is 35.8 Å². The summed E-state index contributed by atoms with van der Waals surface area (Å²) < 4.78 is 22.5.